The fraction of sp³-hybridized carbons (Fsp3) is 0.125. The van der Waals surface area contributed by atoms with Crippen LogP contribution in [0.1, 0.15) is 21.5 Å². The van der Waals surface area contributed by atoms with Crippen LogP contribution < -0.4 is 19.6 Å². The SMILES string of the molecule is COc1cccc(/C=N/NC(=O)COc2ccccc2Cl)c1OCc1ccc(C(=O)O)cc1. The summed E-state index contributed by atoms with van der Waals surface area (Å²) >= 11 is 6.00. The van der Waals surface area contributed by atoms with E-state index in [1.165, 1.54) is 25.5 Å². The molecule has 0 atom stereocenters. The van der Waals surface area contributed by atoms with E-state index in [2.05, 4.69) is 10.5 Å². The largest absolute Gasteiger partial charge is 0.493 e. The van der Waals surface area contributed by atoms with E-state index in [0.29, 0.717) is 27.8 Å². The Balaban J connectivity index is 1.62. The van der Waals surface area contributed by atoms with Gasteiger partial charge in [0.05, 0.1) is 23.9 Å². The molecule has 33 heavy (non-hydrogen) atoms. The van der Waals surface area contributed by atoms with Gasteiger partial charge in [0.2, 0.25) is 0 Å². The number of halogens is 1. The minimum Gasteiger partial charge on any atom is -0.493 e. The van der Waals surface area contributed by atoms with E-state index in [1.54, 1.807) is 54.6 Å². The quantitative estimate of drug-likeness (QED) is 0.342. The van der Waals surface area contributed by atoms with E-state index in [4.69, 9.17) is 30.9 Å². The third-order valence-corrected chi connectivity index (χ3v) is 4.71. The summed E-state index contributed by atoms with van der Waals surface area (Å²) in [5.74, 6) is -0.152. The van der Waals surface area contributed by atoms with E-state index >= 15 is 0 Å². The van der Waals surface area contributed by atoms with Crippen molar-refractivity contribution < 1.29 is 28.9 Å². The topological polar surface area (TPSA) is 106 Å². The van der Waals surface area contributed by atoms with E-state index < -0.39 is 11.9 Å². The third kappa shape index (κ3) is 6.72. The molecule has 0 saturated carbocycles. The van der Waals surface area contributed by atoms with E-state index in [1.807, 2.05) is 0 Å². The van der Waals surface area contributed by atoms with Gasteiger partial charge in [-0.3, -0.25) is 4.79 Å². The van der Waals surface area contributed by atoms with Gasteiger partial charge in [0.25, 0.3) is 5.91 Å². The van der Waals surface area contributed by atoms with Crippen molar-refractivity contribution in [1.82, 2.24) is 5.43 Å². The molecule has 0 bridgehead atoms. The van der Waals surface area contributed by atoms with Crippen LogP contribution in [0.15, 0.2) is 71.8 Å². The molecule has 0 radical (unpaired) electrons. The van der Waals surface area contributed by atoms with Gasteiger partial charge in [-0.25, -0.2) is 10.2 Å². The maximum atomic E-state index is 12.0. The van der Waals surface area contributed by atoms with Crippen LogP contribution >= 0.6 is 11.6 Å². The molecule has 0 aromatic heterocycles. The first-order valence-corrected chi connectivity index (χ1v) is 10.2. The first kappa shape index (κ1) is 23.6. The highest BCUT2D eigenvalue weighted by Crippen LogP contribution is 2.31. The zero-order valence-corrected chi connectivity index (χ0v) is 18.4. The molecule has 0 unspecified atom stereocenters. The fourth-order valence-corrected chi connectivity index (χ4v) is 2.95. The van der Waals surface area contributed by atoms with Crippen molar-refractivity contribution in [2.24, 2.45) is 5.10 Å². The highest BCUT2D eigenvalue weighted by atomic mass is 35.5. The maximum Gasteiger partial charge on any atom is 0.335 e. The average molecular weight is 469 g/mol. The number of hydrogen-bond donors (Lipinski definition) is 2. The number of nitrogens with one attached hydrogen (secondary N) is 1. The molecule has 170 valence electrons. The average Bonchev–Trinajstić information content (AvgIpc) is 2.82. The molecule has 0 heterocycles. The Hall–Kier alpha value is -4.04. The Morgan fingerprint density at radius 3 is 2.42 bits per heavy atom. The number of carbonyl (C=O) groups is 2. The van der Waals surface area contributed by atoms with Crippen LogP contribution in [-0.2, 0) is 11.4 Å². The predicted octanol–water partition coefficient (Wildman–Crippen LogP) is 4.15. The number of aromatic carboxylic acids is 1. The Labute approximate surface area is 195 Å². The van der Waals surface area contributed by atoms with E-state index in [9.17, 15) is 9.59 Å². The van der Waals surface area contributed by atoms with Gasteiger partial charge in [-0.1, -0.05) is 41.9 Å². The first-order valence-electron chi connectivity index (χ1n) is 9.79. The van der Waals surface area contributed by atoms with Crippen LogP contribution in [-0.4, -0.2) is 36.9 Å². The van der Waals surface area contributed by atoms with E-state index in [0.717, 1.165) is 5.56 Å². The highest BCUT2D eigenvalue weighted by Gasteiger charge is 2.11. The summed E-state index contributed by atoms with van der Waals surface area (Å²) in [6, 6.07) is 18.4. The molecule has 3 aromatic carbocycles. The van der Waals surface area contributed by atoms with Crippen molar-refractivity contribution in [3.05, 3.63) is 88.4 Å². The van der Waals surface area contributed by atoms with Crippen LogP contribution in [0.25, 0.3) is 0 Å². The van der Waals surface area contributed by atoms with Gasteiger partial charge in [-0.2, -0.15) is 5.10 Å². The molecule has 0 spiro atoms. The molecule has 0 aliphatic carbocycles. The number of carboxylic acids is 1. The van der Waals surface area contributed by atoms with Gasteiger partial charge < -0.3 is 19.3 Å². The minimum absolute atomic E-state index is 0.180. The Morgan fingerprint density at radius 2 is 1.73 bits per heavy atom. The zero-order valence-electron chi connectivity index (χ0n) is 17.7. The number of nitrogens with zero attached hydrogens (tertiary/aromatic N) is 1. The molecular formula is C24H21ClN2O6. The van der Waals surface area contributed by atoms with Crippen molar-refractivity contribution in [2.45, 2.75) is 6.61 Å². The Morgan fingerprint density at radius 1 is 1.00 bits per heavy atom. The smallest absolute Gasteiger partial charge is 0.335 e. The van der Waals surface area contributed by atoms with Crippen molar-refractivity contribution in [2.75, 3.05) is 13.7 Å². The second-order valence-corrected chi connectivity index (χ2v) is 7.09. The number of benzene rings is 3. The molecule has 0 aliphatic rings. The van der Waals surface area contributed by atoms with Gasteiger partial charge in [0.15, 0.2) is 18.1 Å². The van der Waals surface area contributed by atoms with Crippen molar-refractivity contribution in [3.63, 3.8) is 0 Å². The molecule has 2 N–H and O–H groups in total. The molecule has 1 amide bonds. The van der Waals surface area contributed by atoms with Crippen molar-refractivity contribution >= 4 is 29.7 Å². The first-order chi connectivity index (χ1) is 16.0. The molecule has 9 heteroatoms. The monoisotopic (exact) mass is 468 g/mol. The number of methoxy groups -OCH3 is 1. The lowest BCUT2D eigenvalue weighted by Crippen LogP contribution is -2.24. The van der Waals surface area contributed by atoms with Crippen molar-refractivity contribution in [1.29, 1.82) is 0 Å². The summed E-state index contributed by atoms with van der Waals surface area (Å²) in [6.45, 7) is -0.0754. The van der Waals surface area contributed by atoms with Crippen LogP contribution in [0, 0.1) is 0 Å². The Bertz CT molecular complexity index is 1150. The van der Waals surface area contributed by atoms with Crippen LogP contribution in [0.5, 0.6) is 17.2 Å². The lowest BCUT2D eigenvalue weighted by Gasteiger charge is -2.13. The van der Waals surface area contributed by atoms with Crippen LogP contribution in [0.2, 0.25) is 5.02 Å². The van der Waals surface area contributed by atoms with Crippen LogP contribution in [0.4, 0.5) is 0 Å². The van der Waals surface area contributed by atoms with Crippen LogP contribution in [0.3, 0.4) is 0 Å². The second-order valence-electron chi connectivity index (χ2n) is 6.68. The van der Waals surface area contributed by atoms with Gasteiger partial charge in [-0.05, 0) is 42.0 Å². The molecule has 0 aliphatic heterocycles. The molecule has 3 rings (SSSR count). The summed E-state index contributed by atoms with van der Waals surface area (Å²) in [6.07, 6.45) is 1.43. The van der Waals surface area contributed by atoms with Gasteiger partial charge in [-0.15, -0.1) is 0 Å². The molecule has 0 fully saturated rings. The summed E-state index contributed by atoms with van der Waals surface area (Å²) in [5, 5.41) is 13.4. The number of hydrogen-bond acceptors (Lipinski definition) is 6. The molecule has 8 nitrogen and oxygen atoms in total. The Kier molecular flexibility index (Phi) is 8.26. The van der Waals surface area contributed by atoms with E-state index in [-0.39, 0.29) is 18.8 Å². The highest BCUT2D eigenvalue weighted by molar-refractivity contribution is 6.32. The summed E-state index contributed by atoms with van der Waals surface area (Å²) in [7, 11) is 1.51. The lowest BCUT2D eigenvalue weighted by atomic mass is 10.1. The molecule has 0 saturated heterocycles. The number of rotatable bonds is 10. The van der Waals surface area contributed by atoms with Gasteiger partial charge in [0.1, 0.15) is 12.4 Å². The molecule has 3 aromatic rings. The lowest BCUT2D eigenvalue weighted by molar-refractivity contribution is -0.123. The normalized spacial score (nSPS) is 10.6. The summed E-state index contributed by atoms with van der Waals surface area (Å²) in [5.41, 5.74) is 3.93. The number of amides is 1. The third-order valence-electron chi connectivity index (χ3n) is 4.40. The number of hydrazone groups is 1. The van der Waals surface area contributed by atoms with Crippen molar-refractivity contribution in [3.8, 4) is 17.2 Å². The maximum absolute atomic E-state index is 12.0. The number of carboxylic acid groups (broad SMARTS) is 1. The second kappa shape index (κ2) is 11.5. The number of carbonyl (C=O) groups excluding carboxylic acids is 1. The number of para-hydroxylation sites is 2. The fourth-order valence-electron chi connectivity index (χ4n) is 2.76. The summed E-state index contributed by atoms with van der Waals surface area (Å²) in [4.78, 5) is 23.0. The zero-order chi connectivity index (χ0) is 23.6. The number of ether oxygens (including phenoxy) is 3. The predicted molar refractivity (Wildman–Crippen MR) is 123 cm³/mol. The van der Waals surface area contributed by atoms with Gasteiger partial charge in [0, 0.05) is 5.56 Å². The van der Waals surface area contributed by atoms with Gasteiger partial charge >= 0.3 is 5.97 Å². The summed E-state index contributed by atoms with van der Waals surface area (Å²) < 4.78 is 16.6. The minimum atomic E-state index is -0.995. The molecular weight excluding hydrogens is 448 g/mol. The standard InChI is InChI=1S/C24H21ClN2O6/c1-31-21-8-4-5-18(23(21)33-14-16-9-11-17(12-10-16)24(29)30)13-26-27-22(28)15-32-20-7-3-2-6-19(20)25/h2-13H,14-15H2,1H3,(H,27,28)(H,29,30)/b26-13+.